The lowest BCUT2D eigenvalue weighted by Crippen LogP contribution is -2.50. The summed E-state index contributed by atoms with van der Waals surface area (Å²) in [6, 6.07) is 0. The molecule has 4 saturated carbocycles. The molecule has 6 unspecified atom stereocenters. The zero-order valence-corrected chi connectivity index (χ0v) is 10.3. The maximum Gasteiger partial charge on any atom is 0.123 e. The fourth-order valence-corrected chi connectivity index (χ4v) is 4.97. The number of fused-ring (bicyclic) bond motifs is 1. The van der Waals surface area contributed by atoms with Crippen molar-refractivity contribution in [3.05, 3.63) is 0 Å². The van der Waals surface area contributed by atoms with Crippen LogP contribution in [0.3, 0.4) is 0 Å². The van der Waals surface area contributed by atoms with Gasteiger partial charge in [0.05, 0.1) is 0 Å². The SMILES string of the molecule is O=CC1CC2CC3CC1CC(NP)(C2)C3. The maximum atomic E-state index is 11.1. The lowest BCUT2D eigenvalue weighted by Gasteiger charge is -2.48. The van der Waals surface area contributed by atoms with Crippen molar-refractivity contribution < 1.29 is 4.79 Å². The van der Waals surface area contributed by atoms with E-state index in [1.807, 2.05) is 0 Å². The van der Waals surface area contributed by atoms with Gasteiger partial charge in [0.2, 0.25) is 0 Å². The standard InChI is InChI=1S/C12H20NOP/c14-7-11-3-9-1-8-2-10(11)6-12(4-8,5-9)13-15/h7-11,13H,1-6,15H2. The van der Waals surface area contributed by atoms with Gasteiger partial charge in [0, 0.05) is 11.5 Å². The summed E-state index contributed by atoms with van der Waals surface area (Å²) in [6.45, 7) is 0. The third kappa shape index (κ3) is 1.57. The summed E-state index contributed by atoms with van der Waals surface area (Å²) in [5, 5.41) is 3.49. The molecular weight excluding hydrogens is 205 g/mol. The number of rotatable bonds is 2. The molecule has 6 atom stereocenters. The lowest BCUT2D eigenvalue weighted by molar-refractivity contribution is -0.113. The third-order valence-corrected chi connectivity index (χ3v) is 5.62. The van der Waals surface area contributed by atoms with Crippen molar-refractivity contribution in [1.82, 2.24) is 5.09 Å². The molecule has 2 nitrogen and oxygen atoms in total. The highest BCUT2D eigenvalue weighted by molar-refractivity contribution is 7.13. The van der Waals surface area contributed by atoms with E-state index in [0.29, 0.717) is 17.4 Å². The molecule has 0 aromatic carbocycles. The quantitative estimate of drug-likeness (QED) is 0.576. The van der Waals surface area contributed by atoms with Crippen LogP contribution in [0.25, 0.3) is 0 Å². The Morgan fingerprint density at radius 1 is 1.13 bits per heavy atom. The maximum absolute atomic E-state index is 11.1. The van der Waals surface area contributed by atoms with Crippen molar-refractivity contribution in [1.29, 1.82) is 0 Å². The Labute approximate surface area is 93.8 Å². The molecule has 3 heteroatoms. The zero-order chi connectivity index (χ0) is 10.5. The Morgan fingerprint density at radius 2 is 1.87 bits per heavy atom. The molecule has 0 radical (unpaired) electrons. The van der Waals surface area contributed by atoms with Crippen LogP contribution in [0.2, 0.25) is 0 Å². The number of carbonyl (C=O) groups excluding carboxylic acids is 1. The highest BCUT2D eigenvalue weighted by Crippen LogP contribution is 2.54. The predicted molar refractivity (Wildman–Crippen MR) is 63.3 cm³/mol. The second kappa shape index (κ2) is 3.53. The Balaban J connectivity index is 1.93. The molecule has 4 fully saturated rings. The number of aldehydes is 1. The first kappa shape index (κ1) is 10.2. The molecule has 0 saturated heterocycles. The van der Waals surface area contributed by atoms with Gasteiger partial charge in [0.1, 0.15) is 6.29 Å². The number of hydrogen-bond donors (Lipinski definition) is 1. The highest BCUT2D eigenvalue weighted by Gasteiger charge is 2.50. The van der Waals surface area contributed by atoms with E-state index in [0.717, 1.165) is 11.8 Å². The van der Waals surface area contributed by atoms with Gasteiger partial charge in [-0.2, -0.15) is 0 Å². The first-order valence-corrected chi connectivity index (χ1v) is 6.75. The molecule has 84 valence electrons. The van der Waals surface area contributed by atoms with Gasteiger partial charge >= 0.3 is 0 Å². The average Bonchev–Trinajstić information content (AvgIpc) is 2.41. The van der Waals surface area contributed by atoms with Crippen LogP contribution < -0.4 is 5.09 Å². The van der Waals surface area contributed by atoms with E-state index < -0.39 is 0 Å². The van der Waals surface area contributed by atoms with E-state index in [-0.39, 0.29) is 0 Å². The second-order valence-corrected chi connectivity index (χ2v) is 6.32. The smallest absolute Gasteiger partial charge is 0.123 e. The predicted octanol–water partition coefficient (Wildman–Crippen LogP) is 2.15. The van der Waals surface area contributed by atoms with Gasteiger partial charge in [0.25, 0.3) is 0 Å². The van der Waals surface area contributed by atoms with E-state index >= 15 is 0 Å². The summed E-state index contributed by atoms with van der Waals surface area (Å²) in [4.78, 5) is 11.1. The van der Waals surface area contributed by atoms with E-state index in [1.54, 1.807) is 0 Å². The Hall–Kier alpha value is 0.0600. The summed E-state index contributed by atoms with van der Waals surface area (Å²) in [7, 11) is 2.72. The average molecular weight is 225 g/mol. The summed E-state index contributed by atoms with van der Waals surface area (Å²) >= 11 is 0. The lowest BCUT2D eigenvalue weighted by atomic mass is 9.63. The largest absolute Gasteiger partial charge is 0.303 e. The molecule has 0 aromatic heterocycles. The van der Waals surface area contributed by atoms with Crippen molar-refractivity contribution in [2.75, 3.05) is 0 Å². The van der Waals surface area contributed by atoms with Gasteiger partial charge in [-0.3, -0.25) is 5.09 Å². The van der Waals surface area contributed by atoms with Crippen LogP contribution in [0, 0.1) is 23.7 Å². The molecule has 4 aliphatic rings. The molecule has 1 N–H and O–H groups in total. The first-order chi connectivity index (χ1) is 7.24. The van der Waals surface area contributed by atoms with Crippen LogP contribution in [-0.2, 0) is 4.79 Å². The van der Waals surface area contributed by atoms with Crippen LogP contribution in [-0.4, -0.2) is 11.8 Å². The normalized spacial score (nSPS) is 52.9. The molecule has 15 heavy (non-hydrogen) atoms. The second-order valence-electron chi connectivity index (χ2n) is 6.04. The fraction of sp³-hybridized carbons (Fsp3) is 0.917. The minimum Gasteiger partial charge on any atom is -0.303 e. The van der Waals surface area contributed by atoms with Crippen molar-refractivity contribution in [3.8, 4) is 0 Å². The summed E-state index contributed by atoms with van der Waals surface area (Å²) in [6.07, 6.45) is 8.97. The molecule has 0 aliphatic heterocycles. The van der Waals surface area contributed by atoms with E-state index in [9.17, 15) is 4.79 Å². The van der Waals surface area contributed by atoms with Crippen LogP contribution in [0.15, 0.2) is 0 Å². The molecule has 0 aromatic rings. The Kier molecular flexibility index (Phi) is 2.41. The van der Waals surface area contributed by atoms with E-state index in [1.165, 1.54) is 44.8 Å². The van der Waals surface area contributed by atoms with Crippen molar-refractivity contribution in [2.45, 2.75) is 44.1 Å². The van der Waals surface area contributed by atoms with Crippen LogP contribution >= 0.6 is 9.39 Å². The van der Waals surface area contributed by atoms with Gasteiger partial charge in [-0.25, -0.2) is 0 Å². The highest BCUT2D eigenvalue weighted by atomic mass is 31.0. The van der Waals surface area contributed by atoms with Gasteiger partial charge in [-0.1, -0.05) is 9.39 Å². The monoisotopic (exact) mass is 225 g/mol. The van der Waals surface area contributed by atoms with E-state index in [4.69, 9.17) is 0 Å². The van der Waals surface area contributed by atoms with Crippen LogP contribution in [0.1, 0.15) is 38.5 Å². The number of nitrogens with one attached hydrogen (secondary N) is 1. The molecule has 4 rings (SSSR count). The van der Waals surface area contributed by atoms with Crippen molar-refractivity contribution in [3.63, 3.8) is 0 Å². The van der Waals surface area contributed by atoms with Crippen molar-refractivity contribution >= 4 is 15.7 Å². The van der Waals surface area contributed by atoms with Gasteiger partial charge < -0.3 is 4.79 Å². The molecule has 0 amide bonds. The number of carbonyl (C=O) groups is 1. The molecule has 4 aliphatic carbocycles. The van der Waals surface area contributed by atoms with Gasteiger partial charge in [-0.15, -0.1) is 0 Å². The minimum atomic E-state index is 0.360. The van der Waals surface area contributed by atoms with Gasteiger partial charge in [0.15, 0.2) is 0 Å². The van der Waals surface area contributed by atoms with Crippen LogP contribution in [0.4, 0.5) is 0 Å². The number of hydrogen-bond acceptors (Lipinski definition) is 2. The molecule has 0 heterocycles. The van der Waals surface area contributed by atoms with E-state index in [2.05, 4.69) is 14.5 Å². The zero-order valence-electron chi connectivity index (χ0n) is 9.11. The third-order valence-electron chi connectivity index (χ3n) is 5.01. The van der Waals surface area contributed by atoms with Crippen molar-refractivity contribution in [2.24, 2.45) is 23.7 Å². The minimum absolute atomic E-state index is 0.360. The summed E-state index contributed by atoms with van der Waals surface area (Å²) < 4.78 is 0. The Morgan fingerprint density at radius 3 is 2.53 bits per heavy atom. The molecular formula is C12H20NOP. The topological polar surface area (TPSA) is 29.1 Å². The summed E-state index contributed by atoms with van der Waals surface area (Å²) in [5.41, 5.74) is 0.360. The summed E-state index contributed by atoms with van der Waals surface area (Å²) in [5.74, 6) is 2.72. The van der Waals surface area contributed by atoms with Crippen LogP contribution in [0.5, 0.6) is 0 Å². The fourth-order valence-electron chi connectivity index (χ4n) is 4.61. The van der Waals surface area contributed by atoms with Gasteiger partial charge in [-0.05, 0) is 56.3 Å². The molecule has 4 bridgehead atoms. The molecule has 0 spiro atoms. The first-order valence-electron chi connectivity index (χ1n) is 6.18. The Bertz CT molecular complexity index is 283.